The summed E-state index contributed by atoms with van der Waals surface area (Å²) >= 11 is 0. The highest BCUT2D eigenvalue weighted by Crippen LogP contribution is 2.30. The Balaban J connectivity index is 1.66. The first kappa shape index (κ1) is 24.7. The topological polar surface area (TPSA) is 55.4 Å². The first-order chi connectivity index (χ1) is 16.1. The lowest BCUT2D eigenvalue weighted by Crippen LogP contribution is -2.21. The molecule has 0 amide bonds. The van der Waals surface area contributed by atoms with Gasteiger partial charge in [-0.05, 0) is 47.0 Å². The minimum absolute atomic E-state index is 0.262. The van der Waals surface area contributed by atoms with E-state index in [9.17, 15) is 4.39 Å². The van der Waals surface area contributed by atoms with Crippen molar-refractivity contribution < 1.29 is 32.8 Å². The van der Waals surface area contributed by atoms with Crippen LogP contribution in [-0.2, 0) is 18.9 Å². The van der Waals surface area contributed by atoms with Crippen LogP contribution >= 0.6 is 0 Å². The normalized spacial score (nSPS) is 11.2. The molecule has 7 heteroatoms. The van der Waals surface area contributed by atoms with Gasteiger partial charge >= 0.3 is 0 Å². The summed E-state index contributed by atoms with van der Waals surface area (Å²) in [7, 11) is 6.21. The molecular weight excluding hydrogens is 427 g/mol. The predicted octanol–water partition coefficient (Wildman–Crippen LogP) is 5.16. The fourth-order valence-electron chi connectivity index (χ4n) is 3.20. The third kappa shape index (κ3) is 6.76. The Kier molecular flexibility index (Phi) is 9.21. The Morgan fingerprint density at radius 1 is 0.576 bits per heavy atom. The molecule has 3 rings (SSSR count). The first-order valence-corrected chi connectivity index (χ1v) is 10.4. The maximum Gasteiger partial charge on any atom is 0.191 e. The van der Waals surface area contributed by atoms with Gasteiger partial charge in [0.1, 0.15) is 30.5 Å². The van der Waals surface area contributed by atoms with Crippen molar-refractivity contribution in [2.45, 2.75) is 12.6 Å². The van der Waals surface area contributed by atoms with Crippen LogP contribution in [0.25, 0.3) is 22.3 Å². The zero-order chi connectivity index (χ0) is 23.6. The summed E-state index contributed by atoms with van der Waals surface area (Å²) in [6.07, 6.45) is -0.873. The molecule has 0 bridgehead atoms. The molecule has 0 N–H and O–H groups in total. The summed E-state index contributed by atoms with van der Waals surface area (Å²) in [5.74, 6) is 1.03. The van der Waals surface area contributed by atoms with Crippen molar-refractivity contribution in [2.75, 3.05) is 41.7 Å². The number of ether oxygens (including phenoxy) is 6. The maximum atomic E-state index is 14.9. The molecule has 0 aliphatic carbocycles. The Morgan fingerprint density at radius 3 is 1.42 bits per heavy atom. The van der Waals surface area contributed by atoms with Crippen LogP contribution in [0.1, 0.15) is 0 Å². The van der Waals surface area contributed by atoms with Gasteiger partial charge in [0.2, 0.25) is 0 Å². The van der Waals surface area contributed by atoms with E-state index in [1.807, 2.05) is 42.5 Å². The van der Waals surface area contributed by atoms with E-state index >= 15 is 0 Å². The van der Waals surface area contributed by atoms with Crippen molar-refractivity contribution in [1.29, 1.82) is 0 Å². The van der Waals surface area contributed by atoms with Gasteiger partial charge in [0, 0.05) is 34.0 Å². The lowest BCUT2D eigenvalue weighted by atomic mass is 9.99. The molecule has 3 aromatic rings. The molecule has 0 aromatic heterocycles. The van der Waals surface area contributed by atoms with Gasteiger partial charge in [-0.3, -0.25) is 0 Å². The number of hydrogen-bond acceptors (Lipinski definition) is 6. The van der Waals surface area contributed by atoms with Gasteiger partial charge in [0.25, 0.3) is 0 Å². The minimum Gasteiger partial charge on any atom is -0.488 e. The van der Waals surface area contributed by atoms with Crippen LogP contribution in [0.2, 0.25) is 0 Å². The average molecular weight is 457 g/mol. The van der Waals surface area contributed by atoms with Gasteiger partial charge in [-0.25, -0.2) is 4.39 Å². The quantitative estimate of drug-likeness (QED) is 0.351. The second kappa shape index (κ2) is 12.3. The first-order valence-electron chi connectivity index (χ1n) is 10.4. The van der Waals surface area contributed by atoms with E-state index in [0.29, 0.717) is 17.1 Å². The van der Waals surface area contributed by atoms with Crippen molar-refractivity contribution >= 4 is 0 Å². The molecule has 6 nitrogen and oxygen atoms in total. The fraction of sp³-hybridized carbons (Fsp3) is 0.308. The number of rotatable bonds is 12. The van der Waals surface area contributed by atoms with Crippen LogP contribution in [0.5, 0.6) is 11.5 Å². The van der Waals surface area contributed by atoms with Gasteiger partial charge in [-0.15, -0.1) is 0 Å². The van der Waals surface area contributed by atoms with Crippen LogP contribution < -0.4 is 9.47 Å². The molecule has 0 unspecified atom stereocenters. The van der Waals surface area contributed by atoms with Crippen molar-refractivity contribution in [3.63, 3.8) is 0 Å². The van der Waals surface area contributed by atoms with Crippen molar-refractivity contribution in [2.24, 2.45) is 0 Å². The van der Waals surface area contributed by atoms with Crippen LogP contribution in [0.4, 0.5) is 4.39 Å². The predicted molar refractivity (Wildman–Crippen MR) is 124 cm³/mol. The highest BCUT2D eigenvalue weighted by atomic mass is 19.1. The van der Waals surface area contributed by atoms with Crippen molar-refractivity contribution in [3.8, 4) is 33.8 Å². The summed E-state index contributed by atoms with van der Waals surface area (Å²) in [6.45, 7) is 0.539. The lowest BCUT2D eigenvalue weighted by molar-refractivity contribution is -0.122. The Hall–Kier alpha value is -2.97. The summed E-state index contributed by atoms with van der Waals surface area (Å²) in [5, 5.41) is 0. The Labute approximate surface area is 193 Å². The molecule has 0 radical (unpaired) electrons. The van der Waals surface area contributed by atoms with Gasteiger partial charge in [-0.2, -0.15) is 0 Å². The highest BCUT2D eigenvalue weighted by molar-refractivity contribution is 5.71. The summed E-state index contributed by atoms with van der Waals surface area (Å²) < 4.78 is 46.6. The lowest BCUT2D eigenvalue weighted by Gasteiger charge is -2.15. The molecular formula is C26H29FO6. The zero-order valence-corrected chi connectivity index (χ0v) is 19.2. The van der Waals surface area contributed by atoms with E-state index in [-0.39, 0.29) is 19.0 Å². The monoisotopic (exact) mass is 456 g/mol. The maximum absolute atomic E-state index is 14.9. The van der Waals surface area contributed by atoms with Crippen LogP contribution in [-0.4, -0.2) is 54.2 Å². The molecule has 0 saturated heterocycles. The van der Waals surface area contributed by atoms with E-state index in [2.05, 4.69) is 0 Å². The summed E-state index contributed by atoms with van der Waals surface area (Å²) in [4.78, 5) is 0. The molecule has 0 spiro atoms. The van der Waals surface area contributed by atoms with Crippen molar-refractivity contribution in [3.05, 3.63) is 72.5 Å². The van der Waals surface area contributed by atoms with E-state index in [4.69, 9.17) is 28.4 Å². The van der Waals surface area contributed by atoms with Gasteiger partial charge < -0.3 is 28.4 Å². The van der Waals surface area contributed by atoms with Gasteiger partial charge in [0.15, 0.2) is 12.6 Å². The molecule has 0 atom stereocenters. The molecule has 176 valence electrons. The molecule has 0 saturated carbocycles. The van der Waals surface area contributed by atoms with Crippen molar-refractivity contribution in [1.82, 2.24) is 0 Å². The fourth-order valence-corrected chi connectivity index (χ4v) is 3.20. The van der Waals surface area contributed by atoms with E-state index in [1.165, 1.54) is 6.07 Å². The SMILES string of the molecule is COC(COc1ccc(-c2ccc(-c3ccc(OCC(OC)OC)cc3)c(F)c2)cc1)OC. The largest absolute Gasteiger partial charge is 0.488 e. The van der Waals surface area contributed by atoms with Crippen LogP contribution in [0.3, 0.4) is 0 Å². The zero-order valence-electron chi connectivity index (χ0n) is 19.2. The molecule has 33 heavy (non-hydrogen) atoms. The smallest absolute Gasteiger partial charge is 0.191 e. The van der Waals surface area contributed by atoms with Crippen LogP contribution in [0.15, 0.2) is 66.7 Å². The second-order valence-electron chi connectivity index (χ2n) is 7.17. The molecule has 3 aromatic carbocycles. The third-order valence-electron chi connectivity index (χ3n) is 5.15. The minimum atomic E-state index is -0.442. The van der Waals surface area contributed by atoms with Gasteiger partial charge in [-0.1, -0.05) is 36.4 Å². The Morgan fingerprint density at radius 2 is 1.00 bits per heavy atom. The van der Waals surface area contributed by atoms with Gasteiger partial charge in [0.05, 0.1) is 0 Å². The number of benzene rings is 3. The molecule has 0 aliphatic rings. The molecule has 0 aliphatic heterocycles. The molecule has 0 fully saturated rings. The molecule has 0 heterocycles. The Bertz CT molecular complexity index is 983. The summed E-state index contributed by atoms with van der Waals surface area (Å²) in [5.41, 5.74) is 2.94. The highest BCUT2D eigenvalue weighted by Gasteiger charge is 2.10. The number of methoxy groups -OCH3 is 4. The van der Waals surface area contributed by atoms with Crippen LogP contribution in [0, 0.1) is 5.82 Å². The number of halogens is 1. The third-order valence-corrected chi connectivity index (χ3v) is 5.15. The van der Waals surface area contributed by atoms with E-state index in [1.54, 1.807) is 46.6 Å². The summed E-state index contributed by atoms with van der Waals surface area (Å²) in [6, 6.07) is 19.9. The standard InChI is InChI=1S/C26H29FO6/c1-28-25(29-2)16-32-21-10-5-18(6-11-21)20-9-14-23(24(27)15-20)19-7-12-22(13-8-19)33-17-26(30-3)31-4/h5-15,25-26H,16-17H2,1-4H3. The van der Waals surface area contributed by atoms with E-state index in [0.717, 1.165) is 16.7 Å². The number of hydrogen-bond donors (Lipinski definition) is 0. The second-order valence-corrected chi connectivity index (χ2v) is 7.17. The average Bonchev–Trinajstić information content (AvgIpc) is 2.86. The van der Waals surface area contributed by atoms with E-state index < -0.39 is 12.6 Å².